The van der Waals surface area contributed by atoms with Crippen LogP contribution in [0.5, 0.6) is 0 Å². The summed E-state index contributed by atoms with van der Waals surface area (Å²) in [6.07, 6.45) is 3.04. The van der Waals surface area contributed by atoms with E-state index in [9.17, 15) is 4.79 Å². The summed E-state index contributed by atoms with van der Waals surface area (Å²) in [6.45, 7) is 1.61. The second-order valence-electron chi connectivity index (χ2n) is 2.56. The highest BCUT2D eigenvalue weighted by Gasteiger charge is 2.24. The zero-order valence-electron chi connectivity index (χ0n) is 6.87. The lowest BCUT2D eigenvalue weighted by atomic mass is 10.3. The number of nitrogens with zero attached hydrogens (tertiary/aromatic N) is 1. The van der Waals surface area contributed by atoms with Crippen molar-refractivity contribution in [3.05, 3.63) is 0 Å². The van der Waals surface area contributed by atoms with Gasteiger partial charge in [0.25, 0.3) is 5.24 Å². The van der Waals surface area contributed by atoms with Crippen molar-refractivity contribution < 1.29 is 9.53 Å². The molecule has 1 fully saturated rings. The third-order valence-electron chi connectivity index (χ3n) is 1.91. The molecule has 3 nitrogen and oxygen atoms in total. The highest BCUT2D eigenvalue weighted by Crippen LogP contribution is 2.15. The number of hydrogen-bond donors (Lipinski definition) is 0. The molecule has 0 aromatic carbocycles. The summed E-state index contributed by atoms with van der Waals surface area (Å²) in [5.41, 5.74) is 0. The van der Waals surface area contributed by atoms with Crippen LogP contribution in [0.1, 0.15) is 6.42 Å². The lowest BCUT2D eigenvalue weighted by Crippen LogP contribution is -2.26. The zero-order valence-corrected chi connectivity index (χ0v) is 7.69. The van der Waals surface area contributed by atoms with Gasteiger partial charge in [-0.2, -0.15) is 0 Å². The number of thioether (sulfide) groups is 1. The molecule has 1 heterocycles. The summed E-state index contributed by atoms with van der Waals surface area (Å²) < 4.78 is 5.13. The molecule has 1 atom stereocenters. The molecule has 0 spiro atoms. The van der Waals surface area contributed by atoms with E-state index in [0.717, 1.165) is 19.5 Å². The number of likely N-dealkylation sites (tertiary alicyclic amines) is 1. The first-order valence-electron chi connectivity index (χ1n) is 3.63. The van der Waals surface area contributed by atoms with E-state index < -0.39 is 0 Å². The normalized spacial score (nSPS) is 24.2. The van der Waals surface area contributed by atoms with E-state index in [4.69, 9.17) is 4.74 Å². The van der Waals surface area contributed by atoms with E-state index >= 15 is 0 Å². The van der Waals surface area contributed by atoms with E-state index in [-0.39, 0.29) is 11.3 Å². The second-order valence-corrected chi connectivity index (χ2v) is 3.32. The Morgan fingerprint density at radius 2 is 2.45 bits per heavy atom. The fourth-order valence-corrected chi connectivity index (χ4v) is 1.64. The van der Waals surface area contributed by atoms with Crippen LogP contribution in [0.2, 0.25) is 0 Å². The van der Waals surface area contributed by atoms with Crippen LogP contribution >= 0.6 is 11.8 Å². The molecule has 0 radical (unpaired) electrons. The largest absolute Gasteiger partial charge is 0.380 e. The molecule has 1 amide bonds. The SMILES string of the molecule is COC1CCN(C(=O)SC)C1. The van der Waals surface area contributed by atoms with Crippen LogP contribution in [0.25, 0.3) is 0 Å². The Balaban J connectivity index is 2.35. The molecule has 1 saturated heterocycles. The molecule has 11 heavy (non-hydrogen) atoms. The predicted octanol–water partition coefficient (Wildman–Crippen LogP) is 1.19. The van der Waals surface area contributed by atoms with E-state index in [1.165, 1.54) is 11.8 Å². The molecule has 0 aromatic heterocycles. The maximum atomic E-state index is 11.1. The Bertz CT molecular complexity index is 151. The van der Waals surface area contributed by atoms with Gasteiger partial charge in [0.2, 0.25) is 0 Å². The van der Waals surface area contributed by atoms with Crippen molar-refractivity contribution in [3.63, 3.8) is 0 Å². The average molecular weight is 175 g/mol. The zero-order chi connectivity index (χ0) is 8.27. The Hall–Kier alpha value is -0.220. The number of methoxy groups -OCH3 is 1. The summed E-state index contributed by atoms with van der Waals surface area (Å²) in [4.78, 5) is 12.9. The molecule has 1 aliphatic heterocycles. The van der Waals surface area contributed by atoms with Crippen molar-refractivity contribution in [1.82, 2.24) is 4.90 Å². The number of ether oxygens (including phenoxy) is 1. The Morgan fingerprint density at radius 3 is 2.91 bits per heavy atom. The highest BCUT2D eigenvalue weighted by molar-refractivity contribution is 8.12. The van der Waals surface area contributed by atoms with Gasteiger partial charge in [0.1, 0.15) is 0 Å². The lowest BCUT2D eigenvalue weighted by molar-refractivity contribution is 0.112. The molecule has 0 aliphatic carbocycles. The second kappa shape index (κ2) is 3.97. The predicted molar refractivity (Wildman–Crippen MR) is 45.9 cm³/mol. The van der Waals surface area contributed by atoms with E-state index in [0.29, 0.717) is 0 Å². The standard InChI is InChI=1S/C7H13NO2S/c1-10-6-3-4-8(5-6)7(9)11-2/h6H,3-5H2,1-2H3. The summed E-state index contributed by atoms with van der Waals surface area (Å²) in [6, 6.07) is 0. The van der Waals surface area contributed by atoms with Crippen LogP contribution in [0, 0.1) is 0 Å². The molecule has 4 heteroatoms. The Morgan fingerprint density at radius 1 is 1.73 bits per heavy atom. The van der Waals surface area contributed by atoms with Crippen molar-refractivity contribution in [2.24, 2.45) is 0 Å². The van der Waals surface area contributed by atoms with Gasteiger partial charge in [-0.05, 0) is 12.7 Å². The van der Waals surface area contributed by atoms with Crippen LogP contribution in [0.3, 0.4) is 0 Å². The minimum absolute atomic E-state index is 0.157. The fourth-order valence-electron chi connectivity index (χ4n) is 1.22. The van der Waals surface area contributed by atoms with Gasteiger partial charge in [0.05, 0.1) is 6.10 Å². The lowest BCUT2D eigenvalue weighted by Gasteiger charge is -2.13. The highest BCUT2D eigenvalue weighted by atomic mass is 32.2. The van der Waals surface area contributed by atoms with Gasteiger partial charge >= 0.3 is 0 Å². The minimum Gasteiger partial charge on any atom is -0.380 e. The first-order chi connectivity index (χ1) is 5.27. The van der Waals surface area contributed by atoms with Crippen LogP contribution in [-0.4, -0.2) is 42.7 Å². The van der Waals surface area contributed by atoms with E-state index in [1.807, 2.05) is 11.2 Å². The topological polar surface area (TPSA) is 29.5 Å². The summed E-state index contributed by atoms with van der Waals surface area (Å²) in [7, 11) is 1.69. The summed E-state index contributed by atoms with van der Waals surface area (Å²) in [5, 5.41) is 0.157. The maximum absolute atomic E-state index is 11.1. The molecule has 64 valence electrons. The average Bonchev–Trinajstić information content (AvgIpc) is 2.50. The number of carbonyl (C=O) groups excluding carboxylic acids is 1. The first kappa shape index (κ1) is 8.87. The molecule has 1 rings (SSSR count). The monoisotopic (exact) mass is 175 g/mol. The van der Waals surface area contributed by atoms with Crippen LogP contribution in [-0.2, 0) is 4.74 Å². The van der Waals surface area contributed by atoms with E-state index in [1.54, 1.807) is 7.11 Å². The quantitative estimate of drug-likeness (QED) is 0.599. The van der Waals surface area contributed by atoms with Crippen molar-refractivity contribution in [1.29, 1.82) is 0 Å². The van der Waals surface area contributed by atoms with Crippen molar-refractivity contribution >= 4 is 17.0 Å². The van der Waals surface area contributed by atoms with Gasteiger partial charge < -0.3 is 9.64 Å². The van der Waals surface area contributed by atoms with Crippen LogP contribution < -0.4 is 0 Å². The minimum atomic E-state index is 0.157. The number of rotatable bonds is 1. The summed E-state index contributed by atoms with van der Waals surface area (Å²) in [5.74, 6) is 0. The molecule has 0 saturated carbocycles. The van der Waals surface area contributed by atoms with Crippen molar-refractivity contribution in [2.75, 3.05) is 26.5 Å². The molecular weight excluding hydrogens is 162 g/mol. The number of hydrogen-bond acceptors (Lipinski definition) is 3. The first-order valence-corrected chi connectivity index (χ1v) is 4.86. The molecule has 0 N–H and O–H groups in total. The van der Waals surface area contributed by atoms with Gasteiger partial charge in [-0.15, -0.1) is 0 Å². The van der Waals surface area contributed by atoms with Gasteiger partial charge in [-0.3, -0.25) is 4.79 Å². The Labute approximate surface area is 71.1 Å². The van der Waals surface area contributed by atoms with Crippen molar-refractivity contribution in [2.45, 2.75) is 12.5 Å². The fraction of sp³-hybridized carbons (Fsp3) is 0.857. The number of carbonyl (C=O) groups is 1. The third-order valence-corrected chi connectivity index (χ3v) is 2.52. The van der Waals surface area contributed by atoms with Gasteiger partial charge in [-0.25, -0.2) is 0 Å². The molecule has 0 aromatic rings. The number of amides is 1. The van der Waals surface area contributed by atoms with Gasteiger partial charge in [-0.1, -0.05) is 11.8 Å². The molecule has 1 unspecified atom stereocenters. The molecule has 0 bridgehead atoms. The molecule has 1 aliphatic rings. The van der Waals surface area contributed by atoms with E-state index in [2.05, 4.69) is 0 Å². The third kappa shape index (κ3) is 2.10. The maximum Gasteiger partial charge on any atom is 0.281 e. The van der Waals surface area contributed by atoms with Gasteiger partial charge in [0, 0.05) is 20.2 Å². The summed E-state index contributed by atoms with van der Waals surface area (Å²) >= 11 is 1.27. The Kier molecular flexibility index (Phi) is 3.20. The molecular formula is C7H13NO2S. The smallest absolute Gasteiger partial charge is 0.281 e. The van der Waals surface area contributed by atoms with Crippen LogP contribution in [0.15, 0.2) is 0 Å². The van der Waals surface area contributed by atoms with Crippen LogP contribution in [0.4, 0.5) is 4.79 Å². The van der Waals surface area contributed by atoms with Crippen molar-refractivity contribution in [3.8, 4) is 0 Å². The van der Waals surface area contributed by atoms with Gasteiger partial charge in [0.15, 0.2) is 0 Å².